The summed E-state index contributed by atoms with van der Waals surface area (Å²) in [5, 5.41) is 8.95. The lowest BCUT2D eigenvalue weighted by Crippen LogP contribution is -2.30. The van der Waals surface area contributed by atoms with Gasteiger partial charge in [0.05, 0.1) is 6.42 Å². The third-order valence-corrected chi connectivity index (χ3v) is 4.64. The van der Waals surface area contributed by atoms with Gasteiger partial charge in [-0.05, 0) is 37.3 Å². The summed E-state index contributed by atoms with van der Waals surface area (Å²) >= 11 is 0. The molecule has 3 rings (SSSR count). The van der Waals surface area contributed by atoms with Crippen molar-refractivity contribution in [3.8, 4) is 0 Å². The third kappa shape index (κ3) is 3.80. The topological polar surface area (TPSA) is 66.3 Å². The van der Waals surface area contributed by atoms with E-state index in [-0.39, 0.29) is 23.6 Å². The van der Waals surface area contributed by atoms with Crippen LogP contribution in [0, 0.1) is 5.41 Å². The Bertz CT molecular complexity index is 602. The van der Waals surface area contributed by atoms with Crippen LogP contribution in [0.1, 0.15) is 43.1 Å². The quantitative estimate of drug-likeness (QED) is 0.899. The van der Waals surface area contributed by atoms with Gasteiger partial charge in [0.2, 0.25) is 0 Å². The highest BCUT2D eigenvalue weighted by Crippen LogP contribution is 2.50. The van der Waals surface area contributed by atoms with E-state index in [1.54, 1.807) is 0 Å². The van der Waals surface area contributed by atoms with E-state index in [4.69, 9.17) is 5.11 Å². The summed E-state index contributed by atoms with van der Waals surface area (Å²) in [6, 6.07) is 0.877. The van der Waals surface area contributed by atoms with E-state index >= 15 is 0 Å². The Morgan fingerprint density at radius 1 is 1.43 bits per heavy atom. The highest BCUT2D eigenvalue weighted by atomic mass is 19.4. The number of likely N-dealkylation sites (tertiary alicyclic amines) is 1. The number of hydrogen-bond acceptors (Lipinski definition) is 4. The molecule has 2 aliphatic rings. The molecular formula is C15H18F3N3O2. The Balaban J connectivity index is 1.63. The van der Waals surface area contributed by atoms with Crippen molar-refractivity contribution in [1.29, 1.82) is 0 Å². The van der Waals surface area contributed by atoms with Crippen molar-refractivity contribution in [2.24, 2.45) is 5.41 Å². The largest absolute Gasteiger partial charge is 0.481 e. The normalized spacial score (nSPS) is 23.9. The average Bonchev–Trinajstić information content (AvgIpc) is 3.03. The number of carboxylic acids is 1. The lowest BCUT2D eigenvalue weighted by Gasteiger charge is -2.22. The molecule has 2 fully saturated rings. The van der Waals surface area contributed by atoms with Gasteiger partial charge in [-0.1, -0.05) is 0 Å². The summed E-state index contributed by atoms with van der Waals surface area (Å²) in [6.07, 6.45) is -0.643. The van der Waals surface area contributed by atoms with Gasteiger partial charge in [-0.3, -0.25) is 4.79 Å². The van der Waals surface area contributed by atoms with Crippen LogP contribution in [0.25, 0.3) is 0 Å². The number of hydrogen-bond donors (Lipinski definition) is 1. The summed E-state index contributed by atoms with van der Waals surface area (Å²) in [7, 11) is 0. The number of aromatic nitrogens is 2. The van der Waals surface area contributed by atoms with Crippen molar-refractivity contribution in [2.75, 3.05) is 19.6 Å². The minimum atomic E-state index is -4.46. The Labute approximate surface area is 131 Å². The number of alkyl halides is 3. The van der Waals surface area contributed by atoms with Crippen LogP contribution >= 0.6 is 0 Å². The molecule has 1 saturated heterocycles. The van der Waals surface area contributed by atoms with Crippen LogP contribution in [-0.4, -0.2) is 45.6 Å². The SMILES string of the molecule is O=C(O)CC1(CN2CCC(c3nccc(C(F)(F)F)n3)C2)CC1. The fraction of sp³-hybridized carbons (Fsp3) is 0.667. The summed E-state index contributed by atoms with van der Waals surface area (Å²) in [6.45, 7) is 2.02. The third-order valence-electron chi connectivity index (χ3n) is 4.64. The first kappa shape index (κ1) is 16.2. The highest BCUT2D eigenvalue weighted by molar-refractivity contribution is 5.68. The molecule has 8 heteroatoms. The number of carbonyl (C=O) groups is 1. The second-order valence-electron chi connectivity index (χ2n) is 6.59. The Hall–Kier alpha value is -1.70. The molecule has 0 radical (unpaired) electrons. The molecule has 0 bridgehead atoms. The molecule has 1 aromatic rings. The van der Waals surface area contributed by atoms with Crippen molar-refractivity contribution in [2.45, 2.75) is 37.8 Å². The van der Waals surface area contributed by atoms with Crippen molar-refractivity contribution >= 4 is 5.97 Å². The second-order valence-corrected chi connectivity index (χ2v) is 6.59. The second kappa shape index (κ2) is 5.74. The zero-order valence-corrected chi connectivity index (χ0v) is 12.5. The minimum absolute atomic E-state index is 0.127. The molecule has 2 heterocycles. The molecule has 1 aliphatic heterocycles. The van der Waals surface area contributed by atoms with Gasteiger partial charge in [-0.15, -0.1) is 0 Å². The number of carboxylic acid groups (broad SMARTS) is 1. The number of nitrogens with zero attached hydrogens (tertiary/aromatic N) is 3. The van der Waals surface area contributed by atoms with E-state index in [9.17, 15) is 18.0 Å². The van der Waals surface area contributed by atoms with Gasteiger partial charge in [0, 0.05) is 25.2 Å². The molecule has 0 aromatic carbocycles. The molecule has 1 saturated carbocycles. The maximum absolute atomic E-state index is 12.7. The summed E-state index contributed by atoms with van der Waals surface area (Å²) in [4.78, 5) is 20.7. The molecule has 1 atom stereocenters. The minimum Gasteiger partial charge on any atom is -0.481 e. The van der Waals surface area contributed by atoms with Crippen LogP contribution < -0.4 is 0 Å². The lowest BCUT2D eigenvalue weighted by molar-refractivity contribution is -0.141. The van der Waals surface area contributed by atoms with Gasteiger partial charge in [0.1, 0.15) is 11.5 Å². The van der Waals surface area contributed by atoms with E-state index in [2.05, 4.69) is 14.9 Å². The molecule has 1 aromatic heterocycles. The van der Waals surface area contributed by atoms with Gasteiger partial charge < -0.3 is 10.0 Å². The molecule has 1 unspecified atom stereocenters. The summed E-state index contributed by atoms with van der Waals surface area (Å²) in [5.41, 5.74) is -1.06. The van der Waals surface area contributed by atoms with Crippen LogP contribution in [-0.2, 0) is 11.0 Å². The first-order valence-corrected chi connectivity index (χ1v) is 7.62. The number of halogens is 3. The molecule has 5 nitrogen and oxygen atoms in total. The first-order chi connectivity index (χ1) is 10.8. The van der Waals surface area contributed by atoms with Crippen LogP contribution in [0.15, 0.2) is 12.3 Å². The van der Waals surface area contributed by atoms with Crippen LogP contribution in [0.5, 0.6) is 0 Å². The maximum Gasteiger partial charge on any atom is 0.433 e. The van der Waals surface area contributed by atoms with E-state index in [1.807, 2.05) is 0 Å². The van der Waals surface area contributed by atoms with Gasteiger partial charge in [0.15, 0.2) is 0 Å². The fourth-order valence-corrected chi connectivity index (χ4v) is 3.28. The average molecular weight is 329 g/mol. The summed E-state index contributed by atoms with van der Waals surface area (Å²) in [5.74, 6) is -0.692. The predicted octanol–water partition coefficient (Wildman–Crippen LogP) is 2.54. The van der Waals surface area contributed by atoms with Crippen molar-refractivity contribution in [3.63, 3.8) is 0 Å². The van der Waals surface area contributed by atoms with E-state index < -0.39 is 17.8 Å². The van der Waals surface area contributed by atoms with E-state index in [0.717, 1.165) is 31.6 Å². The van der Waals surface area contributed by atoms with Gasteiger partial charge in [-0.25, -0.2) is 9.97 Å². The van der Waals surface area contributed by atoms with Crippen molar-refractivity contribution in [3.05, 3.63) is 23.8 Å². The predicted molar refractivity (Wildman–Crippen MR) is 74.8 cm³/mol. The van der Waals surface area contributed by atoms with Crippen LogP contribution in [0.3, 0.4) is 0 Å². The van der Waals surface area contributed by atoms with Crippen molar-refractivity contribution in [1.82, 2.24) is 14.9 Å². The number of rotatable bonds is 5. The summed E-state index contributed by atoms with van der Waals surface area (Å²) < 4.78 is 38.2. The molecule has 126 valence electrons. The Kier molecular flexibility index (Phi) is 4.03. The van der Waals surface area contributed by atoms with Crippen LogP contribution in [0.2, 0.25) is 0 Å². The van der Waals surface area contributed by atoms with E-state index in [1.165, 1.54) is 0 Å². The zero-order valence-electron chi connectivity index (χ0n) is 12.5. The monoisotopic (exact) mass is 329 g/mol. The maximum atomic E-state index is 12.7. The zero-order chi connectivity index (χ0) is 16.7. The fourth-order valence-electron chi connectivity index (χ4n) is 3.28. The molecule has 0 amide bonds. The van der Waals surface area contributed by atoms with Gasteiger partial charge >= 0.3 is 12.1 Å². The van der Waals surface area contributed by atoms with Gasteiger partial charge in [-0.2, -0.15) is 13.2 Å². The molecule has 1 aliphatic carbocycles. The lowest BCUT2D eigenvalue weighted by atomic mass is 10.0. The van der Waals surface area contributed by atoms with Gasteiger partial charge in [0.25, 0.3) is 0 Å². The Morgan fingerprint density at radius 2 is 2.17 bits per heavy atom. The molecule has 1 N–H and O–H groups in total. The van der Waals surface area contributed by atoms with Crippen molar-refractivity contribution < 1.29 is 23.1 Å². The molecule has 23 heavy (non-hydrogen) atoms. The smallest absolute Gasteiger partial charge is 0.433 e. The van der Waals surface area contributed by atoms with Crippen LogP contribution in [0.4, 0.5) is 13.2 Å². The highest BCUT2D eigenvalue weighted by Gasteiger charge is 2.46. The first-order valence-electron chi connectivity index (χ1n) is 7.62. The van der Waals surface area contributed by atoms with E-state index in [0.29, 0.717) is 19.5 Å². The number of aliphatic carboxylic acids is 1. The molecular weight excluding hydrogens is 311 g/mol. The standard InChI is InChI=1S/C15H18F3N3O2/c16-15(17,18)11-1-5-19-13(20-11)10-2-6-21(8-10)9-14(3-4-14)7-12(22)23/h1,5,10H,2-4,6-9H2,(H,22,23). The Morgan fingerprint density at radius 3 is 2.78 bits per heavy atom. The molecule has 0 spiro atoms.